The first-order valence-corrected chi connectivity index (χ1v) is 7.87. The van der Waals surface area contributed by atoms with Crippen LogP contribution >= 0.6 is 0 Å². The molecule has 0 heterocycles. The van der Waals surface area contributed by atoms with Gasteiger partial charge in [-0.15, -0.1) is 0 Å². The second kappa shape index (κ2) is 7.19. The maximum atomic E-state index is 13.0. The van der Waals surface area contributed by atoms with Crippen molar-refractivity contribution in [1.29, 1.82) is 0 Å². The smallest absolute Gasteiger partial charge is 0.347 e. The minimum Gasteiger partial charge on any atom is -0.347 e. The van der Waals surface area contributed by atoms with Gasteiger partial charge in [0.2, 0.25) is 0 Å². The molecule has 4 nitrogen and oxygen atoms in total. The van der Waals surface area contributed by atoms with Crippen molar-refractivity contribution in [2.24, 2.45) is 0 Å². The highest BCUT2D eigenvalue weighted by atomic mass is 19.4. The zero-order valence-corrected chi connectivity index (χ0v) is 14.6. The van der Waals surface area contributed by atoms with E-state index in [-0.39, 0.29) is 17.2 Å². The van der Waals surface area contributed by atoms with Crippen LogP contribution in [0.1, 0.15) is 47.1 Å². The van der Waals surface area contributed by atoms with E-state index < -0.39 is 23.2 Å². The monoisotopic (exact) mass is 364 g/mol. The fourth-order valence-electron chi connectivity index (χ4n) is 2.22. The van der Waals surface area contributed by atoms with Crippen molar-refractivity contribution in [1.82, 2.24) is 5.32 Å². The molecule has 2 rings (SSSR count). The Morgan fingerprint density at radius 3 is 1.81 bits per heavy atom. The third-order valence-electron chi connectivity index (χ3n) is 3.38. The van der Waals surface area contributed by atoms with E-state index in [0.717, 1.165) is 6.07 Å². The highest BCUT2D eigenvalue weighted by molar-refractivity contribution is 6.05. The largest absolute Gasteiger partial charge is 0.418 e. The van der Waals surface area contributed by atoms with Crippen molar-refractivity contribution in [3.8, 4) is 0 Å². The molecule has 0 fully saturated rings. The van der Waals surface area contributed by atoms with Crippen LogP contribution in [-0.4, -0.2) is 17.4 Å². The molecule has 0 saturated heterocycles. The van der Waals surface area contributed by atoms with E-state index in [4.69, 9.17) is 0 Å². The summed E-state index contributed by atoms with van der Waals surface area (Å²) in [6.07, 6.45) is -4.57. The van der Waals surface area contributed by atoms with Crippen molar-refractivity contribution in [2.45, 2.75) is 32.5 Å². The Hall–Kier alpha value is -2.83. The first-order valence-electron chi connectivity index (χ1n) is 7.87. The van der Waals surface area contributed by atoms with E-state index in [2.05, 4.69) is 10.6 Å². The minimum atomic E-state index is -4.57. The molecule has 2 amide bonds. The molecule has 0 saturated carbocycles. The lowest BCUT2D eigenvalue weighted by atomic mass is 10.1. The average molecular weight is 364 g/mol. The molecule has 0 bridgehead atoms. The maximum absolute atomic E-state index is 13.0. The molecular formula is C19H19F3N2O2. The predicted molar refractivity (Wildman–Crippen MR) is 93.1 cm³/mol. The van der Waals surface area contributed by atoms with Crippen molar-refractivity contribution in [2.75, 3.05) is 5.32 Å². The van der Waals surface area contributed by atoms with Crippen LogP contribution in [0.15, 0.2) is 48.5 Å². The number of hydrogen-bond donors (Lipinski definition) is 2. The second-order valence-electron chi connectivity index (χ2n) is 6.78. The summed E-state index contributed by atoms with van der Waals surface area (Å²) in [6, 6.07) is 10.4. The molecule has 0 aliphatic rings. The number of para-hydroxylation sites is 1. The molecule has 0 aliphatic carbocycles. The van der Waals surface area contributed by atoms with Crippen LogP contribution in [-0.2, 0) is 6.18 Å². The maximum Gasteiger partial charge on any atom is 0.418 e. The Bertz CT molecular complexity index is 807. The lowest BCUT2D eigenvalue weighted by Crippen LogP contribution is -2.40. The van der Waals surface area contributed by atoms with Gasteiger partial charge in [-0.1, -0.05) is 12.1 Å². The lowest BCUT2D eigenvalue weighted by Gasteiger charge is -2.20. The third-order valence-corrected chi connectivity index (χ3v) is 3.38. The molecule has 26 heavy (non-hydrogen) atoms. The normalized spacial score (nSPS) is 11.8. The van der Waals surface area contributed by atoms with Gasteiger partial charge in [0, 0.05) is 16.7 Å². The molecule has 2 aromatic carbocycles. The molecule has 138 valence electrons. The standard InChI is InChI=1S/C19H19F3N2O2/c1-18(2,3)24-17(26)13-10-8-12(9-11-13)16(25)23-15-7-5-4-6-14(15)19(20,21)22/h4-11H,1-3H3,(H,23,25)(H,24,26). The van der Waals surface area contributed by atoms with E-state index in [1.807, 2.05) is 20.8 Å². The van der Waals surface area contributed by atoms with E-state index in [1.54, 1.807) is 0 Å². The number of carbonyl (C=O) groups excluding carboxylic acids is 2. The molecule has 2 N–H and O–H groups in total. The van der Waals surface area contributed by atoms with Gasteiger partial charge in [-0.05, 0) is 57.2 Å². The van der Waals surface area contributed by atoms with Crippen LogP contribution < -0.4 is 10.6 Å². The number of alkyl halides is 3. The van der Waals surface area contributed by atoms with E-state index in [9.17, 15) is 22.8 Å². The Morgan fingerprint density at radius 2 is 1.31 bits per heavy atom. The highest BCUT2D eigenvalue weighted by Gasteiger charge is 2.33. The van der Waals surface area contributed by atoms with Crippen LogP contribution in [0.4, 0.5) is 18.9 Å². The van der Waals surface area contributed by atoms with E-state index >= 15 is 0 Å². The molecule has 0 spiro atoms. The summed E-state index contributed by atoms with van der Waals surface area (Å²) in [7, 11) is 0. The zero-order valence-electron chi connectivity index (χ0n) is 14.6. The van der Waals surface area contributed by atoms with Crippen molar-refractivity contribution < 1.29 is 22.8 Å². The summed E-state index contributed by atoms with van der Waals surface area (Å²) in [5, 5.41) is 5.04. The molecule has 0 aliphatic heterocycles. The second-order valence-corrected chi connectivity index (χ2v) is 6.78. The molecule has 0 aromatic heterocycles. The molecule has 2 aromatic rings. The van der Waals surface area contributed by atoms with Gasteiger partial charge >= 0.3 is 6.18 Å². The van der Waals surface area contributed by atoms with Crippen LogP contribution in [0.3, 0.4) is 0 Å². The Labute approximate surface area is 149 Å². The Balaban J connectivity index is 2.16. The fourth-order valence-corrected chi connectivity index (χ4v) is 2.22. The Kier molecular flexibility index (Phi) is 5.39. The Morgan fingerprint density at radius 1 is 0.808 bits per heavy atom. The summed E-state index contributed by atoms with van der Waals surface area (Å²) in [5.74, 6) is -0.989. The van der Waals surface area contributed by atoms with Gasteiger partial charge in [0.05, 0.1) is 11.3 Å². The number of hydrogen-bond acceptors (Lipinski definition) is 2. The van der Waals surface area contributed by atoms with Crippen LogP contribution in [0, 0.1) is 0 Å². The third kappa shape index (κ3) is 5.08. The number of benzene rings is 2. The molecular weight excluding hydrogens is 345 g/mol. The summed E-state index contributed by atoms with van der Waals surface area (Å²) in [6.45, 7) is 5.51. The van der Waals surface area contributed by atoms with Crippen molar-refractivity contribution in [3.05, 3.63) is 65.2 Å². The van der Waals surface area contributed by atoms with Crippen LogP contribution in [0.25, 0.3) is 0 Å². The van der Waals surface area contributed by atoms with Crippen molar-refractivity contribution >= 4 is 17.5 Å². The summed E-state index contributed by atoms with van der Waals surface area (Å²) in [5.41, 5.74) is -1.15. The van der Waals surface area contributed by atoms with Crippen LogP contribution in [0.5, 0.6) is 0 Å². The van der Waals surface area contributed by atoms with Gasteiger partial charge in [0.25, 0.3) is 11.8 Å². The predicted octanol–water partition coefficient (Wildman–Crippen LogP) is 4.49. The highest BCUT2D eigenvalue weighted by Crippen LogP contribution is 2.34. The number of nitrogens with one attached hydrogen (secondary N) is 2. The SMILES string of the molecule is CC(C)(C)NC(=O)c1ccc(C(=O)Nc2ccccc2C(F)(F)F)cc1. The minimum absolute atomic E-state index is 0.147. The lowest BCUT2D eigenvalue weighted by molar-refractivity contribution is -0.136. The number of anilines is 1. The summed E-state index contributed by atoms with van der Waals surface area (Å²) in [4.78, 5) is 24.3. The zero-order chi connectivity index (χ0) is 19.5. The van der Waals surface area contributed by atoms with Gasteiger partial charge in [-0.25, -0.2) is 0 Å². The first-order chi connectivity index (χ1) is 12.0. The van der Waals surface area contributed by atoms with E-state index in [0.29, 0.717) is 5.56 Å². The molecule has 0 atom stereocenters. The number of amides is 2. The molecule has 0 unspecified atom stereocenters. The molecule has 7 heteroatoms. The number of rotatable bonds is 3. The summed E-state index contributed by atoms with van der Waals surface area (Å²) < 4.78 is 38.9. The van der Waals surface area contributed by atoms with E-state index in [1.165, 1.54) is 42.5 Å². The average Bonchev–Trinajstić information content (AvgIpc) is 2.53. The van der Waals surface area contributed by atoms with Crippen molar-refractivity contribution in [3.63, 3.8) is 0 Å². The molecule has 0 radical (unpaired) electrons. The van der Waals surface area contributed by atoms with Gasteiger partial charge in [0.1, 0.15) is 0 Å². The van der Waals surface area contributed by atoms with Gasteiger partial charge < -0.3 is 10.6 Å². The van der Waals surface area contributed by atoms with Crippen LogP contribution in [0.2, 0.25) is 0 Å². The van der Waals surface area contributed by atoms with Gasteiger partial charge in [-0.2, -0.15) is 13.2 Å². The van der Waals surface area contributed by atoms with Gasteiger partial charge in [0.15, 0.2) is 0 Å². The summed E-state index contributed by atoms with van der Waals surface area (Å²) >= 11 is 0. The van der Waals surface area contributed by atoms with Gasteiger partial charge in [-0.3, -0.25) is 9.59 Å². The number of carbonyl (C=O) groups is 2. The fraction of sp³-hybridized carbons (Fsp3) is 0.263. The quantitative estimate of drug-likeness (QED) is 0.843. The number of halogens is 3. The first kappa shape index (κ1) is 19.5. The topological polar surface area (TPSA) is 58.2 Å².